The van der Waals surface area contributed by atoms with Gasteiger partial charge in [-0.2, -0.15) is 0 Å². The molecule has 1 rings (SSSR count). The average molecular weight is 241 g/mol. The fourth-order valence-corrected chi connectivity index (χ4v) is 2.59. The molecule has 0 amide bonds. The number of rotatable bonds is 6. The lowest BCUT2D eigenvalue weighted by Crippen LogP contribution is -2.39. The van der Waals surface area contributed by atoms with Crippen molar-refractivity contribution in [3.63, 3.8) is 0 Å². The van der Waals surface area contributed by atoms with Gasteiger partial charge in [-0.1, -0.05) is 13.3 Å². The number of nitrogens with one attached hydrogen (secondary N) is 1. The number of hydrogen-bond donors (Lipinski definition) is 1. The van der Waals surface area contributed by atoms with Crippen LogP contribution in [-0.4, -0.2) is 24.3 Å². The van der Waals surface area contributed by atoms with Crippen molar-refractivity contribution in [2.75, 3.05) is 6.54 Å². The topological polar surface area (TPSA) is 21.3 Å². The molecular formula is C15H31NO. The summed E-state index contributed by atoms with van der Waals surface area (Å²) < 4.78 is 5.94. The van der Waals surface area contributed by atoms with Gasteiger partial charge in [0.15, 0.2) is 0 Å². The van der Waals surface area contributed by atoms with Crippen molar-refractivity contribution in [2.45, 2.75) is 84.5 Å². The Balaban J connectivity index is 2.32. The van der Waals surface area contributed by atoms with Crippen LogP contribution in [0.1, 0.15) is 66.7 Å². The molecule has 0 radical (unpaired) electrons. The summed E-state index contributed by atoms with van der Waals surface area (Å²) >= 11 is 0. The first kappa shape index (κ1) is 15.0. The molecule has 1 fully saturated rings. The monoisotopic (exact) mass is 241 g/mol. The molecule has 17 heavy (non-hydrogen) atoms. The third-order valence-corrected chi connectivity index (χ3v) is 3.53. The van der Waals surface area contributed by atoms with Crippen LogP contribution in [0.5, 0.6) is 0 Å². The van der Waals surface area contributed by atoms with Gasteiger partial charge in [-0.05, 0) is 65.8 Å². The molecule has 102 valence electrons. The van der Waals surface area contributed by atoms with E-state index >= 15 is 0 Å². The molecule has 0 aromatic carbocycles. The first-order valence-corrected chi connectivity index (χ1v) is 7.31. The minimum Gasteiger partial charge on any atom is -0.375 e. The molecule has 0 aliphatic carbocycles. The summed E-state index contributed by atoms with van der Waals surface area (Å²) in [4.78, 5) is 0. The summed E-state index contributed by atoms with van der Waals surface area (Å²) in [5.74, 6) is 0.773. The van der Waals surface area contributed by atoms with Crippen molar-refractivity contribution in [3.8, 4) is 0 Å². The van der Waals surface area contributed by atoms with Crippen molar-refractivity contribution < 1.29 is 4.74 Å². The van der Waals surface area contributed by atoms with Gasteiger partial charge in [-0.25, -0.2) is 0 Å². The van der Waals surface area contributed by atoms with E-state index in [0.717, 1.165) is 12.5 Å². The largest absolute Gasteiger partial charge is 0.375 e. The fraction of sp³-hybridized carbons (Fsp3) is 1.00. The van der Waals surface area contributed by atoms with E-state index in [2.05, 4.69) is 39.9 Å². The molecule has 0 aromatic rings. The average Bonchev–Trinajstić information content (AvgIpc) is 2.60. The number of hydrogen-bond acceptors (Lipinski definition) is 2. The molecular weight excluding hydrogens is 210 g/mol. The van der Waals surface area contributed by atoms with E-state index in [1.54, 1.807) is 0 Å². The van der Waals surface area contributed by atoms with E-state index in [1.165, 1.54) is 32.1 Å². The summed E-state index contributed by atoms with van der Waals surface area (Å²) in [6.07, 6.45) is 7.34. The molecule has 1 heterocycles. The highest BCUT2D eigenvalue weighted by atomic mass is 16.5. The highest BCUT2D eigenvalue weighted by molar-refractivity contribution is 4.78. The zero-order chi connectivity index (χ0) is 12.9. The maximum Gasteiger partial charge on any atom is 0.0582 e. The maximum atomic E-state index is 5.94. The summed E-state index contributed by atoms with van der Waals surface area (Å²) in [6.45, 7) is 12.3. The molecule has 1 saturated heterocycles. The van der Waals surface area contributed by atoms with E-state index in [-0.39, 0.29) is 5.54 Å². The Morgan fingerprint density at radius 3 is 2.47 bits per heavy atom. The normalized spacial score (nSPS) is 27.4. The van der Waals surface area contributed by atoms with Gasteiger partial charge in [-0.3, -0.25) is 0 Å². The van der Waals surface area contributed by atoms with Crippen LogP contribution in [0.3, 0.4) is 0 Å². The van der Waals surface area contributed by atoms with E-state index < -0.39 is 0 Å². The van der Waals surface area contributed by atoms with Crippen LogP contribution in [0.15, 0.2) is 0 Å². The Kier molecular flexibility index (Phi) is 5.94. The van der Waals surface area contributed by atoms with Gasteiger partial charge in [0.1, 0.15) is 0 Å². The van der Waals surface area contributed by atoms with Gasteiger partial charge in [0.25, 0.3) is 0 Å². The van der Waals surface area contributed by atoms with Crippen LogP contribution in [0.25, 0.3) is 0 Å². The van der Waals surface area contributed by atoms with Gasteiger partial charge in [0.2, 0.25) is 0 Å². The summed E-state index contributed by atoms with van der Waals surface area (Å²) in [5, 5.41) is 3.64. The van der Waals surface area contributed by atoms with Crippen LogP contribution < -0.4 is 5.32 Å². The second-order valence-corrected chi connectivity index (χ2v) is 6.67. The van der Waals surface area contributed by atoms with Gasteiger partial charge in [-0.15, -0.1) is 0 Å². The standard InChI is InChI=1S/C15H31NO/c1-6-7-13(11-16-15(3,4)5)10-14-9-8-12(2)17-14/h12-14,16H,6-11H2,1-5H3. The number of ether oxygens (including phenoxy) is 1. The van der Waals surface area contributed by atoms with Crippen LogP contribution in [-0.2, 0) is 4.74 Å². The highest BCUT2D eigenvalue weighted by Gasteiger charge is 2.25. The highest BCUT2D eigenvalue weighted by Crippen LogP contribution is 2.26. The minimum atomic E-state index is 0.232. The lowest BCUT2D eigenvalue weighted by atomic mass is 9.94. The van der Waals surface area contributed by atoms with Crippen molar-refractivity contribution in [1.29, 1.82) is 0 Å². The first-order valence-electron chi connectivity index (χ1n) is 7.31. The van der Waals surface area contributed by atoms with Gasteiger partial charge in [0.05, 0.1) is 12.2 Å². The molecule has 1 aliphatic heterocycles. The lowest BCUT2D eigenvalue weighted by Gasteiger charge is -2.26. The molecule has 3 unspecified atom stereocenters. The predicted octanol–water partition coefficient (Wildman–Crippen LogP) is 3.75. The Hall–Kier alpha value is -0.0800. The molecule has 0 bridgehead atoms. The summed E-state index contributed by atoms with van der Waals surface area (Å²) in [6, 6.07) is 0. The van der Waals surface area contributed by atoms with Crippen LogP contribution in [0, 0.1) is 5.92 Å². The quantitative estimate of drug-likeness (QED) is 0.764. The minimum absolute atomic E-state index is 0.232. The van der Waals surface area contributed by atoms with Crippen LogP contribution in [0.4, 0.5) is 0 Å². The smallest absolute Gasteiger partial charge is 0.0582 e. The van der Waals surface area contributed by atoms with Gasteiger partial charge < -0.3 is 10.1 Å². The molecule has 1 N–H and O–H groups in total. The Morgan fingerprint density at radius 2 is 2.00 bits per heavy atom. The Morgan fingerprint density at radius 1 is 1.29 bits per heavy atom. The molecule has 0 saturated carbocycles. The Labute approximate surface area is 108 Å². The van der Waals surface area contributed by atoms with Crippen molar-refractivity contribution in [3.05, 3.63) is 0 Å². The van der Waals surface area contributed by atoms with E-state index in [0.29, 0.717) is 12.2 Å². The zero-order valence-corrected chi connectivity index (χ0v) is 12.4. The van der Waals surface area contributed by atoms with Crippen molar-refractivity contribution in [2.24, 2.45) is 5.92 Å². The molecule has 2 nitrogen and oxygen atoms in total. The van der Waals surface area contributed by atoms with E-state index in [1.807, 2.05) is 0 Å². The van der Waals surface area contributed by atoms with Crippen LogP contribution in [0.2, 0.25) is 0 Å². The van der Waals surface area contributed by atoms with Gasteiger partial charge >= 0.3 is 0 Å². The fourth-order valence-electron chi connectivity index (χ4n) is 2.59. The third kappa shape index (κ3) is 6.42. The van der Waals surface area contributed by atoms with Crippen molar-refractivity contribution in [1.82, 2.24) is 5.32 Å². The predicted molar refractivity (Wildman–Crippen MR) is 74.3 cm³/mol. The molecule has 2 heteroatoms. The molecule has 0 aromatic heterocycles. The van der Waals surface area contributed by atoms with Crippen LogP contribution >= 0.6 is 0 Å². The zero-order valence-electron chi connectivity index (χ0n) is 12.4. The second kappa shape index (κ2) is 6.75. The third-order valence-electron chi connectivity index (χ3n) is 3.53. The van der Waals surface area contributed by atoms with E-state index in [9.17, 15) is 0 Å². The van der Waals surface area contributed by atoms with Gasteiger partial charge in [0, 0.05) is 5.54 Å². The Bertz CT molecular complexity index is 209. The SMILES string of the molecule is CCCC(CNC(C)(C)C)CC1CCC(C)O1. The van der Waals surface area contributed by atoms with E-state index in [4.69, 9.17) is 4.74 Å². The second-order valence-electron chi connectivity index (χ2n) is 6.67. The molecule has 1 aliphatic rings. The van der Waals surface area contributed by atoms with Crippen molar-refractivity contribution >= 4 is 0 Å². The summed E-state index contributed by atoms with van der Waals surface area (Å²) in [5.41, 5.74) is 0.232. The lowest BCUT2D eigenvalue weighted by molar-refractivity contribution is 0.0393. The molecule has 3 atom stereocenters. The summed E-state index contributed by atoms with van der Waals surface area (Å²) in [7, 11) is 0. The molecule has 0 spiro atoms. The first-order chi connectivity index (χ1) is 7.90. The maximum absolute atomic E-state index is 5.94.